The maximum Gasteiger partial charge on any atom is 0.242 e. The van der Waals surface area contributed by atoms with Crippen LogP contribution in [0.15, 0.2) is 57.8 Å². The summed E-state index contributed by atoms with van der Waals surface area (Å²) in [5.74, 6) is -2.04. The summed E-state index contributed by atoms with van der Waals surface area (Å²) in [6, 6.07) is 11.5. The van der Waals surface area contributed by atoms with Gasteiger partial charge < -0.3 is 14.6 Å². The van der Waals surface area contributed by atoms with Gasteiger partial charge in [-0.15, -0.1) is 0 Å². The number of hydrogen-bond donors (Lipinski definition) is 2. The standard InChI is InChI=1S/C25H19FN2O6S2/c1-12-10-16(13(2)34-12)22(29)20-21(15-6-4-5-7-17(15)26)28(24(31)23(20)30)25-27-18-9-8-14(36(3,32)33)11-19(18)35-25/h4-11,30-31H,1-3H3. The maximum absolute atomic E-state index is 15.0. The van der Waals surface area contributed by atoms with Crippen LogP contribution in [0.4, 0.5) is 4.39 Å². The summed E-state index contributed by atoms with van der Waals surface area (Å²) in [7, 11) is -3.48. The molecule has 11 heteroatoms. The van der Waals surface area contributed by atoms with E-state index in [-0.39, 0.29) is 32.4 Å². The Morgan fingerprint density at radius 1 is 1.11 bits per heavy atom. The summed E-state index contributed by atoms with van der Waals surface area (Å²) in [5, 5.41) is 22.0. The van der Waals surface area contributed by atoms with E-state index in [9.17, 15) is 23.4 Å². The zero-order valence-corrected chi connectivity index (χ0v) is 20.9. The minimum absolute atomic E-state index is 0.0506. The fourth-order valence-corrected chi connectivity index (χ4v) is 5.80. The van der Waals surface area contributed by atoms with Gasteiger partial charge in [0.05, 0.1) is 31.9 Å². The van der Waals surface area contributed by atoms with Crippen LogP contribution in [0.5, 0.6) is 11.6 Å². The highest BCUT2D eigenvalue weighted by Crippen LogP contribution is 2.46. The normalized spacial score (nSPS) is 11.9. The van der Waals surface area contributed by atoms with Crippen LogP contribution in [0.2, 0.25) is 0 Å². The van der Waals surface area contributed by atoms with Crippen molar-refractivity contribution in [3.63, 3.8) is 0 Å². The molecular weight excluding hydrogens is 507 g/mol. The SMILES string of the molecule is Cc1cc(C(=O)c2c(O)c(O)n(-c3nc4ccc(S(C)(=O)=O)cc4s3)c2-c2ccccc2F)c(C)o1. The van der Waals surface area contributed by atoms with E-state index < -0.39 is 33.1 Å². The highest BCUT2D eigenvalue weighted by atomic mass is 32.2. The first-order valence-corrected chi connectivity index (χ1v) is 13.3. The van der Waals surface area contributed by atoms with Crippen molar-refractivity contribution in [3.8, 4) is 28.0 Å². The van der Waals surface area contributed by atoms with Gasteiger partial charge in [-0.1, -0.05) is 23.5 Å². The van der Waals surface area contributed by atoms with Crippen molar-refractivity contribution >= 4 is 37.2 Å². The first-order valence-electron chi connectivity index (χ1n) is 10.6. The molecule has 0 unspecified atom stereocenters. The number of furan rings is 1. The Morgan fingerprint density at radius 2 is 1.83 bits per heavy atom. The summed E-state index contributed by atoms with van der Waals surface area (Å²) in [5.41, 5.74) is 0.0972. The number of rotatable bonds is 5. The molecule has 2 N–H and O–H groups in total. The topological polar surface area (TPSA) is 123 Å². The first-order chi connectivity index (χ1) is 17.0. The van der Waals surface area contributed by atoms with Crippen LogP contribution < -0.4 is 0 Å². The summed E-state index contributed by atoms with van der Waals surface area (Å²) in [4.78, 5) is 18.1. The number of aryl methyl sites for hydroxylation is 2. The molecule has 0 bridgehead atoms. The van der Waals surface area contributed by atoms with E-state index in [2.05, 4.69) is 4.98 Å². The van der Waals surface area contributed by atoms with Crippen molar-refractivity contribution in [2.24, 2.45) is 0 Å². The molecular formula is C25H19FN2O6S2. The molecule has 0 aliphatic carbocycles. The van der Waals surface area contributed by atoms with Crippen LogP contribution in [0.3, 0.4) is 0 Å². The molecule has 184 valence electrons. The van der Waals surface area contributed by atoms with Crippen molar-refractivity contribution in [3.05, 3.63) is 77.0 Å². The number of fused-ring (bicyclic) bond motifs is 1. The molecule has 3 aromatic heterocycles. The van der Waals surface area contributed by atoms with Crippen molar-refractivity contribution < 1.29 is 32.2 Å². The predicted octanol–water partition coefficient (Wildman–Crippen LogP) is 5.15. The predicted molar refractivity (Wildman–Crippen MR) is 132 cm³/mol. The molecule has 0 amide bonds. The number of benzene rings is 2. The zero-order valence-electron chi connectivity index (χ0n) is 19.2. The lowest BCUT2D eigenvalue weighted by atomic mass is 9.99. The highest BCUT2D eigenvalue weighted by Gasteiger charge is 2.33. The van der Waals surface area contributed by atoms with Gasteiger partial charge >= 0.3 is 0 Å². The van der Waals surface area contributed by atoms with Gasteiger partial charge in [-0.25, -0.2) is 17.8 Å². The third kappa shape index (κ3) is 3.76. The molecule has 5 aromatic rings. The summed E-state index contributed by atoms with van der Waals surface area (Å²) < 4.78 is 46.1. The zero-order chi connectivity index (χ0) is 25.9. The fraction of sp³-hybridized carbons (Fsp3) is 0.120. The number of ketones is 1. The monoisotopic (exact) mass is 526 g/mol. The third-order valence-corrected chi connectivity index (χ3v) is 7.84. The molecule has 36 heavy (non-hydrogen) atoms. The molecule has 0 aliphatic rings. The van der Waals surface area contributed by atoms with Gasteiger partial charge in [-0.05, 0) is 50.2 Å². The number of halogens is 1. The third-order valence-electron chi connectivity index (χ3n) is 5.73. The Hall–Kier alpha value is -3.96. The van der Waals surface area contributed by atoms with Crippen LogP contribution >= 0.6 is 11.3 Å². The van der Waals surface area contributed by atoms with Crippen LogP contribution in [-0.2, 0) is 9.84 Å². The largest absolute Gasteiger partial charge is 0.503 e. The number of hydrogen-bond acceptors (Lipinski definition) is 8. The van der Waals surface area contributed by atoms with Crippen molar-refractivity contribution in [1.29, 1.82) is 0 Å². The van der Waals surface area contributed by atoms with Gasteiger partial charge in [0.2, 0.25) is 11.7 Å². The quantitative estimate of drug-likeness (QED) is 0.304. The van der Waals surface area contributed by atoms with Crippen molar-refractivity contribution in [2.75, 3.05) is 6.26 Å². The summed E-state index contributed by atoms with van der Waals surface area (Å²) in [6.07, 6.45) is 1.08. The number of aromatic nitrogens is 2. The van der Waals surface area contributed by atoms with Gasteiger partial charge in [-0.3, -0.25) is 9.36 Å². The summed E-state index contributed by atoms with van der Waals surface area (Å²) in [6.45, 7) is 3.25. The molecule has 5 rings (SSSR count). The van der Waals surface area contributed by atoms with Gasteiger partial charge in [0.15, 0.2) is 20.7 Å². The van der Waals surface area contributed by atoms with Gasteiger partial charge in [0.1, 0.15) is 17.3 Å². The molecule has 0 saturated carbocycles. The first kappa shape index (κ1) is 23.8. The molecule has 8 nitrogen and oxygen atoms in total. The molecule has 0 fully saturated rings. The van der Waals surface area contributed by atoms with E-state index in [0.717, 1.165) is 22.2 Å². The molecule has 0 radical (unpaired) electrons. The second kappa shape index (κ2) is 8.32. The molecule has 0 saturated heterocycles. The number of carbonyl (C=O) groups excluding carboxylic acids is 1. The highest BCUT2D eigenvalue weighted by molar-refractivity contribution is 7.90. The second-order valence-electron chi connectivity index (χ2n) is 8.27. The number of aromatic hydroxyl groups is 2. The molecule has 2 aromatic carbocycles. The molecule has 3 heterocycles. The lowest BCUT2D eigenvalue weighted by Gasteiger charge is -2.10. The number of thiazole rings is 1. The average molecular weight is 527 g/mol. The second-order valence-corrected chi connectivity index (χ2v) is 11.3. The molecule has 0 atom stereocenters. The Morgan fingerprint density at radius 3 is 2.47 bits per heavy atom. The van der Waals surface area contributed by atoms with E-state index in [1.54, 1.807) is 19.9 Å². The minimum atomic E-state index is -3.48. The van der Waals surface area contributed by atoms with Crippen LogP contribution in [0.25, 0.3) is 26.6 Å². The van der Waals surface area contributed by atoms with Gasteiger partial charge in [0, 0.05) is 11.8 Å². The van der Waals surface area contributed by atoms with E-state index in [4.69, 9.17) is 4.42 Å². The van der Waals surface area contributed by atoms with Crippen LogP contribution in [0.1, 0.15) is 27.4 Å². The number of nitrogens with zero attached hydrogens (tertiary/aromatic N) is 2. The van der Waals surface area contributed by atoms with E-state index in [0.29, 0.717) is 21.7 Å². The Kier molecular flexibility index (Phi) is 5.49. The van der Waals surface area contributed by atoms with Crippen molar-refractivity contribution in [2.45, 2.75) is 18.7 Å². The lowest BCUT2D eigenvalue weighted by Crippen LogP contribution is -2.06. The van der Waals surface area contributed by atoms with E-state index in [1.165, 1.54) is 42.5 Å². The lowest BCUT2D eigenvalue weighted by molar-refractivity contribution is 0.103. The maximum atomic E-state index is 15.0. The Balaban J connectivity index is 1.82. The van der Waals surface area contributed by atoms with Crippen molar-refractivity contribution in [1.82, 2.24) is 9.55 Å². The van der Waals surface area contributed by atoms with Gasteiger partial charge in [0.25, 0.3) is 0 Å². The Labute approximate surface area is 208 Å². The molecule has 0 spiro atoms. The number of carbonyl (C=O) groups is 1. The molecule has 0 aliphatic heterocycles. The van der Waals surface area contributed by atoms with Crippen LogP contribution in [0, 0.1) is 19.7 Å². The summed E-state index contributed by atoms with van der Waals surface area (Å²) >= 11 is 1.01. The Bertz CT molecular complexity index is 1800. The van der Waals surface area contributed by atoms with Gasteiger partial charge in [-0.2, -0.15) is 0 Å². The smallest absolute Gasteiger partial charge is 0.242 e. The number of sulfone groups is 1. The minimum Gasteiger partial charge on any atom is -0.503 e. The van der Waals surface area contributed by atoms with E-state index >= 15 is 4.39 Å². The van der Waals surface area contributed by atoms with Crippen LogP contribution in [-0.4, -0.2) is 40.2 Å². The fourth-order valence-electron chi connectivity index (χ4n) is 4.07. The van der Waals surface area contributed by atoms with E-state index in [1.807, 2.05) is 0 Å². The average Bonchev–Trinajstić information content (AvgIpc) is 3.46.